The van der Waals surface area contributed by atoms with Crippen molar-refractivity contribution in [1.29, 1.82) is 0 Å². The maximum absolute atomic E-state index is 2.43. The predicted octanol–water partition coefficient (Wildman–Crippen LogP) is 12.9. The van der Waals surface area contributed by atoms with Crippen molar-refractivity contribution in [3.63, 3.8) is 0 Å². The average molecular weight is 612 g/mol. The molecule has 0 unspecified atom stereocenters. The first-order chi connectivity index (χ1) is 23.7. The van der Waals surface area contributed by atoms with Crippen LogP contribution in [0.4, 0.5) is 0 Å². The van der Waals surface area contributed by atoms with Gasteiger partial charge in [-0.3, -0.25) is 0 Å². The van der Waals surface area contributed by atoms with Gasteiger partial charge in [-0.2, -0.15) is 0 Å². The number of aryl methyl sites for hydroxylation is 1. The van der Waals surface area contributed by atoms with E-state index in [2.05, 4.69) is 193 Å². The maximum atomic E-state index is 2.43. The van der Waals surface area contributed by atoms with Crippen LogP contribution in [0.1, 0.15) is 5.56 Å². The van der Waals surface area contributed by atoms with E-state index in [-0.39, 0.29) is 0 Å². The Morgan fingerprint density at radius 2 is 0.896 bits per heavy atom. The quantitative estimate of drug-likeness (QED) is 0.171. The monoisotopic (exact) mass is 611 g/mol. The molecule has 0 saturated carbocycles. The zero-order valence-electron chi connectivity index (χ0n) is 26.8. The maximum Gasteiger partial charge on any atom is 0.0535 e. The van der Waals surface area contributed by atoms with Crippen LogP contribution in [0.2, 0.25) is 0 Å². The third kappa shape index (κ3) is 4.63. The Morgan fingerprint density at radius 3 is 1.58 bits per heavy atom. The normalized spacial score (nSPS) is 11.4. The molecule has 1 heteroatoms. The fraction of sp³-hybridized carbons (Fsp3) is 0.0213. The second-order valence-electron chi connectivity index (χ2n) is 12.6. The zero-order chi connectivity index (χ0) is 32.0. The molecule has 0 N–H and O–H groups in total. The summed E-state index contributed by atoms with van der Waals surface area (Å²) in [4.78, 5) is 0. The summed E-state index contributed by atoms with van der Waals surface area (Å²) in [5, 5.41) is 7.53. The first-order valence-electron chi connectivity index (χ1n) is 16.6. The Kier molecular flexibility index (Phi) is 6.76. The van der Waals surface area contributed by atoms with Crippen molar-refractivity contribution in [2.24, 2.45) is 0 Å². The van der Waals surface area contributed by atoms with E-state index < -0.39 is 0 Å². The highest BCUT2D eigenvalue weighted by Crippen LogP contribution is 2.46. The lowest BCUT2D eigenvalue weighted by Crippen LogP contribution is -2.00. The summed E-state index contributed by atoms with van der Waals surface area (Å²) in [7, 11) is 0. The summed E-state index contributed by atoms with van der Waals surface area (Å²) >= 11 is 0. The summed E-state index contributed by atoms with van der Waals surface area (Å²) in [6.07, 6.45) is 0. The van der Waals surface area contributed by atoms with Crippen molar-refractivity contribution in [3.05, 3.63) is 188 Å². The van der Waals surface area contributed by atoms with Gasteiger partial charge in [0.2, 0.25) is 0 Å². The van der Waals surface area contributed by atoms with Crippen LogP contribution in [0.25, 0.3) is 82.8 Å². The standard InChI is InChI=1S/C47H33N/c1-32-14-12-21-36(30-32)46-40-23-10-11-24-41(40)47(39-25-13-20-33-15-8-9-22-38(33)39)42-27-26-37(31-43(42)46)48-44(34-16-4-2-5-17-34)28-29-45(48)35-18-6-3-7-19-35/h2-31H,1H3. The minimum atomic E-state index is 1.14. The molecule has 0 aliphatic heterocycles. The largest absolute Gasteiger partial charge is 0.309 e. The molecule has 0 bridgehead atoms. The second-order valence-corrected chi connectivity index (χ2v) is 12.6. The topological polar surface area (TPSA) is 4.93 Å². The summed E-state index contributed by atoms with van der Waals surface area (Å²) in [5.41, 5.74) is 12.1. The number of hydrogen-bond acceptors (Lipinski definition) is 0. The smallest absolute Gasteiger partial charge is 0.0535 e. The molecule has 9 aromatic rings. The third-order valence-corrected chi connectivity index (χ3v) is 9.65. The van der Waals surface area contributed by atoms with Crippen molar-refractivity contribution in [2.45, 2.75) is 6.92 Å². The van der Waals surface area contributed by atoms with Gasteiger partial charge in [-0.05, 0) is 96.9 Å². The molecule has 0 saturated heterocycles. The van der Waals surface area contributed by atoms with E-state index in [1.807, 2.05) is 0 Å². The van der Waals surface area contributed by atoms with Crippen molar-refractivity contribution in [1.82, 2.24) is 4.57 Å². The van der Waals surface area contributed by atoms with Crippen molar-refractivity contribution < 1.29 is 0 Å². The summed E-state index contributed by atoms with van der Waals surface area (Å²) in [6.45, 7) is 2.18. The molecular weight excluding hydrogens is 579 g/mol. The number of nitrogens with zero attached hydrogens (tertiary/aromatic N) is 1. The highest BCUT2D eigenvalue weighted by molar-refractivity contribution is 6.23. The predicted molar refractivity (Wildman–Crippen MR) is 205 cm³/mol. The Labute approximate surface area is 281 Å². The number of hydrogen-bond donors (Lipinski definition) is 0. The van der Waals surface area contributed by atoms with E-state index in [0.29, 0.717) is 0 Å². The Balaban J connectivity index is 1.43. The minimum absolute atomic E-state index is 1.14. The van der Waals surface area contributed by atoms with Crippen LogP contribution in [0.5, 0.6) is 0 Å². The van der Waals surface area contributed by atoms with E-state index in [4.69, 9.17) is 0 Å². The molecular formula is C47H33N. The fourth-order valence-electron chi connectivity index (χ4n) is 7.53. The number of aromatic nitrogens is 1. The van der Waals surface area contributed by atoms with Gasteiger partial charge in [-0.25, -0.2) is 0 Å². The molecule has 9 rings (SSSR count). The van der Waals surface area contributed by atoms with Gasteiger partial charge in [-0.15, -0.1) is 0 Å². The van der Waals surface area contributed by atoms with Gasteiger partial charge in [0.05, 0.1) is 11.4 Å². The lowest BCUT2D eigenvalue weighted by molar-refractivity contribution is 1.10. The van der Waals surface area contributed by atoms with Crippen molar-refractivity contribution >= 4 is 32.3 Å². The van der Waals surface area contributed by atoms with Gasteiger partial charge >= 0.3 is 0 Å². The molecule has 0 atom stereocenters. The fourth-order valence-corrected chi connectivity index (χ4v) is 7.53. The molecule has 0 aliphatic carbocycles. The molecule has 1 nitrogen and oxygen atoms in total. The zero-order valence-corrected chi connectivity index (χ0v) is 26.8. The van der Waals surface area contributed by atoms with Crippen LogP contribution in [0.3, 0.4) is 0 Å². The first kappa shape index (κ1) is 28.1. The van der Waals surface area contributed by atoms with Crippen LogP contribution in [0, 0.1) is 6.92 Å². The van der Waals surface area contributed by atoms with Crippen LogP contribution in [-0.4, -0.2) is 4.57 Å². The lowest BCUT2D eigenvalue weighted by Gasteiger charge is -2.21. The van der Waals surface area contributed by atoms with E-state index in [1.54, 1.807) is 0 Å². The average Bonchev–Trinajstić information content (AvgIpc) is 3.60. The highest BCUT2D eigenvalue weighted by Gasteiger charge is 2.20. The molecule has 0 amide bonds. The van der Waals surface area contributed by atoms with E-state index in [1.165, 1.54) is 82.6 Å². The van der Waals surface area contributed by atoms with Gasteiger partial charge in [0.15, 0.2) is 0 Å². The lowest BCUT2D eigenvalue weighted by atomic mass is 9.84. The molecule has 0 spiro atoms. The van der Waals surface area contributed by atoms with Crippen LogP contribution in [-0.2, 0) is 0 Å². The third-order valence-electron chi connectivity index (χ3n) is 9.65. The molecule has 8 aromatic carbocycles. The van der Waals surface area contributed by atoms with Gasteiger partial charge in [0.1, 0.15) is 0 Å². The van der Waals surface area contributed by atoms with Crippen molar-refractivity contribution in [2.75, 3.05) is 0 Å². The molecule has 0 fully saturated rings. The van der Waals surface area contributed by atoms with Crippen LogP contribution >= 0.6 is 0 Å². The Hall–Kier alpha value is -6.18. The number of fused-ring (bicyclic) bond motifs is 3. The van der Waals surface area contributed by atoms with E-state index >= 15 is 0 Å². The van der Waals surface area contributed by atoms with Crippen molar-refractivity contribution in [3.8, 4) is 50.5 Å². The first-order valence-corrected chi connectivity index (χ1v) is 16.6. The Morgan fingerprint density at radius 1 is 0.354 bits per heavy atom. The number of benzene rings is 8. The summed E-state index contributed by atoms with van der Waals surface area (Å²) in [5.74, 6) is 0. The number of rotatable bonds is 5. The molecule has 226 valence electrons. The summed E-state index contributed by atoms with van der Waals surface area (Å²) < 4.78 is 2.43. The van der Waals surface area contributed by atoms with Crippen LogP contribution < -0.4 is 0 Å². The van der Waals surface area contributed by atoms with Gasteiger partial charge < -0.3 is 4.57 Å². The van der Waals surface area contributed by atoms with Gasteiger partial charge in [0, 0.05) is 5.69 Å². The molecule has 0 radical (unpaired) electrons. The van der Waals surface area contributed by atoms with Gasteiger partial charge in [-0.1, -0.05) is 163 Å². The van der Waals surface area contributed by atoms with E-state index in [0.717, 1.165) is 5.69 Å². The van der Waals surface area contributed by atoms with Crippen LogP contribution in [0.15, 0.2) is 182 Å². The summed E-state index contributed by atoms with van der Waals surface area (Å²) in [6, 6.07) is 66.4. The molecule has 1 aromatic heterocycles. The van der Waals surface area contributed by atoms with Gasteiger partial charge in [0.25, 0.3) is 0 Å². The molecule has 1 heterocycles. The molecule has 48 heavy (non-hydrogen) atoms. The highest BCUT2D eigenvalue weighted by atomic mass is 15.0. The second kappa shape index (κ2) is 11.6. The minimum Gasteiger partial charge on any atom is -0.309 e. The van der Waals surface area contributed by atoms with E-state index in [9.17, 15) is 0 Å². The SMILES string of the molecule is Cc1cccc(-c2c3ccccc3c(-c3cccc4ccccc34)c3ccc(-n4c(-c5ccccc5)ccc4-c4ccccc4)cc23)c1. The Bertz CT molecular complexity index is 2550. The molecule has 0 aliphatic rings.